The number of carbonyl (C=O) groups excluding carboxylic acids is 1. The lowest BCUT2D eigenvalue weighted by Crippen LogP contribution is -2.13. The second kappa shape index (κ2) is 6.89. The van der Waals surface area contributed by atoms with Gasteiger partial charge in [0.05, 0.1) is 12.8 Å². The molecule has 0 radical (unpaired) electrons. The summed E-state index contributed by atoms with van der Waals surface area (Å²) in [6, 6.07) is 14.4. The zero-order valence-corrected chi connectivity index (χ0v) is 14.3. The van der Waals surface area contributed by atoms with Crippen molar-refractivity contribution in [1.82, 2.24) is 20.0 Å². The number of amides is 1. The first-order valence-corrected chi connectivity index (χ1v) is 8.24. The normalized spacial score (nSPS) is 10.8. The van der Waals surface area contributed by atoms with Gasteiger partial charge in [-0.15, -0.1) is 0 Å². The van der Waals surface area contributed by atoms with E-state index in [1.165, 1.54) is 0 Å². The van der Waals surface area contributed by atoms with Crippen molar-refractivity contribution < 1.29 is 9.21 Å². The van der Waals surface area contributed by atoms with E-state index >= 15 is 0 Å². The first-order valence-electron chi connectivity index (χ1n) is 7.86. The van der Waals surface area contributed by atoms with Gasteiger partial charge in [-0.05, 0) is 29.8 Å². The number of furan rings is 1. The van der Waals surface area contributed by atoms with Crippen LogP contribution in [0.2, 0.25) is 5.02 Å². The van der Waals surface area contributed by atoms with E-state index in [1.54, 1.807) is 41.4 Å². The average Bonchev–Trinajstić information content (AvgIpc) is 3.38. The summed E-state index contributed by atoms with van der Waals surface area (Å²) in [4.78, 5) is 12.3. The minimum Gasteiger partial charge on any atom is -0.463 e. The molecule has 1 amide bonds. The number of anilines is 1. The number of nitrogens with zero attached hydrogens (tertiary/aromatic N) is 3. The van der Waals surface area contributed by atoms with Crippen LogP contribution in [0, 0.1) is 0 Å². The molecule has 3 heterocycles. The molecule has 26 heavy (non-hydrogen) atoms. The number of hydrogen-bond donors (Lipinski definition) is 2. The number of rotatable bonds is 5. The minimum absolute atomic E-state index is 0.253. The van der Waals surface area contributed by atoms with Gasteiger partial charge in [0.1, 0.15) is 5.69 Å². The lowest BCUT2D eigenvalue weighted by atomic mass is 10.2. The fourth-order valence-electron chi connectivity index (χ4n) is 2.47. The first-order chi connectivity index (χ1) is 12.7. The molecule has 0 spiro atoms. The Hall–Kier alpha value is -3.32. The maximum Gasteiger partial charge on any atom is 0.277 e. The highest BCUT2D eigenvalue weighted by atomic mass is 35.5. The summed E-state index contributed by atoms with van der Waals surface area (Å²) in [5.41, 5.74) is 1.95. The van der Waals surface area contributed by atoms with Crippen LogP contribution in [-0.2, 0) is 6.54 Å². The quantitative estimate of drug-likeness (QED) is 0.561. The zero-order chi connectivity index (χ0) is 17.9. The standard InChI is InChI=1S/C18H14ClN5O2/c19-13-5-3-12(4-6-13)11-24-8-7-17(23-24)20-18(25)15-10-14(21-22-15)16-2-1-9-26-16/h1-10H,11H2,(H,21,22)(H,20,23,25). The van der Waals surface area contributed by atoms with Crippen LogP contribution in [0.1, 0.15) is 16.1 Å². The fourth-order valence-corrected chi connectivity index (χ4v) is 2.60. The smallest absolute Gasteiger partial charge is 0.277 e. The molecule has 4 rings (SSSR count). The van der Waals surface area contributed by atoms with E-state index < -0.39 is 0 Å². The molecule has 0 atom stereocenters. The number of halogens is 1. The molecule has 2 N–H and O–H groups in total. The largest absolute Gasteiger partial charge is 0.463 e. The topological polar surface area (TPSA) is 88.7 Å². The van der Waals surface area contributed by atoms with Crippen LogP contribution >= 0.6 is 11.6 Å². The number of aromatic amines is 1. The highest BCUT2D eigenvalue weighted by Gasteiger charge is 2.14. The Labute approximate surface area is 153 Å². The van der Waals surface area contributed by atoms with E-state index in [0.29, 0.717) is 28.8 Å². The van der Waals surface area contributed by atoms with Crippen LogP contribution in [0.4, 0.5) is 5.82 Å². The van der Waals surface area contributed by atoms with Crippen molar-refractivity contribution in [2.45, 2.75) is 6.54 Å². The zero-order valence-electron chi connectivity index (χ0n) is 13.5. The Morgan fingerprint density at radius 3 is 2.85 bits per heavy atom. The number of nitrogens with one attached hydrogen (secondary N) is 2. The van der Waals surface area contributed by atoms with Gasteiger partial charge in [-0.2, -0.15) is 10.2 Å². The third kappa shape index (κ3) is 3.52. The predicted molar refractivity (Wildman–Crippen MR) is 97.0 cm³/mol. The number of carbonyl (C=O) groups is 1. The molecular weight excluding hydrogens is 354 g/mol. The van der Waals surface area contributed by atoms with Crippen LogP contribution in [0.5, 0.6) is 0 Å². The Balaban J connectivity index is 1.42. The van der Waals surface area contributed by atoms with Gasteiger partial charge in [0.2, 0.25) is 0 Å². The van der Waals surface area contributed by atoms with E-state index in [0.717, 1.165) is 5.56 Å². The molecule has 130 valence electrons. The van der Waals surface area contributed by atoms with Gasteiger partial charge in [-0.1, -0.05) is 23.7 Å². The van der Waals surface area contributed by atoms with Crippen molar-refractivity contribution in [3.8, 4) is 11.5 Å². The molecule has 0 aliphatic rings. The molecule has 0 saturated carbocycles. The van der Waals surface area contributed by atoms with Gasteiger partial charge in [0.15, 0.2) is 17.3 Å². The number of aromatic nitrogens is 4. The lowest BCUT2D eigenvalue weighted by Gasteiger charge is -2.02. The van der Waals surface area contributed by atoms with E-state index in [9.17, 15) is 4.79 Å². The fraction of sp³-hybridized carbons (Fsp3) is 0.0556. The van der Waals surface area contributed by atoms with Gasteiger partial charge in [0.25, 0.3) is 5.91 Å². The van der Waals surface area contributed by atoms with E-state index in [-0.39, 0.29) is 11.6 Å². The Kier molecular flexibility index (Phi) is 4.28. The number of benzene rings is 1. The average molecular weight is 368 g/mol. The van der Waals surface area contributed by atoms with Crippen LogP contribution in [-0.4, -0.2) is 25.9 Å². The molecule has 0 aliphatic carbocycles. The minimum atomic E-state index is -0.351. The van der Waals surface area contributed by atoms with Crippen molar-refractivity contribution in [3.63, 3.8) is 0 Å². The van der Waals surface area contributed by atoms with Crippen molar-refractivity contribution >= 4 is 23.3 Å². The molecular formula is C18H14ClN5O2. The summed E-state index contributed by atoms with van der Waals surface area (Å²) < 4.78 is 7.01. The van der Waals surface area contributed by atoms with Gasteiger partial charge >= 0.3 is 0 Å². The highest BCUT2D eigenvalue weighted by Crippen LogP contribution is 2.18. The van der Waals surface area contributed by atoms with Crippen molar-refractivity contribution in [2.24, 2.45) is 0 Å². The molecule has 0 saturated heterocycles. The van der Waals surface area contributed by atoms with Crippen LogP contribution in [0.25, 0.3) is 11.5 Å². The van der Waals surface area contributed by atoms with Gasteiger partial charge in [-0.3, -0.25) is 14.6 Å². The molecule has 7 nitrogen and oxygen atoms in total. The van der Waals surface area contributed by atoms with Crippen LogP contribution < -0.4 is 5.32 Å². The summed E-state index contributed by atoms with van der Waals surface area (Å²) >= 11 is 5.88. The summed E-state index contributed by atoms with van der Waals surface area (Å²) in [6.07, 6.45) is 3.35. The Bertz CT molecular complexity index is 1020. The van der Waals surface area contributed by atoms with Crippen molar-refractivity contribution in [3.05, 3.63) is 77.3 Å². The van der Waals surface area contributed by atoms with E-state index in [2.05, 4.69) is 20.6 Å². The van der Waals surface area contributed by atoms with E-state index in [4.69, 9.17) is 16.0 Å². The molecule has 1 aromatic carbocycles. The molecule has 4 aromatic rings. The molecule has 3 aromatic heterocycles. The SMILES string of the molecule is O=C(Nc1ccn(Cc2ccc(Cl)cc2)n1)c1cc(-c2ccco2)[nH]n1. The molecule has 8 heteroatoms. The third-order valence-electron chi connectivity index (χ3n) is 3.74. The van der Waals surface area contributed by atoms with Crippen LogP contribution in [0.3, 0.4) is 0 Å². The van der Waals surface area contributed by atoms with Gasteiger partial charge in [0, 0.05) is 23.4 Å². The van der Waals surface area contributed by atoms with Crippen molar-refractivity contribution in [1.29, 1.82) is 0 Å². The van der Waals surface area contributed by atoms with Crippen molar-refractivity contribution in [2.75, 3.05) is 5.32 Å². The second-order valence-electron chi connectivity index (χ2n) is 5.62. The van der Waals surface area contributed by atoms with Gasteiger partial charge in [-0.25, -0.2) is 0 Å². The molecule has 0 fully saturated rings. The molecule has 0 bridgehead atoms. The Morgan fingerprint density at radius 1 is 1.23 bits per heavy atom. The third-order valence-corrected chi connectivity index (χ3v) is 3.99. The summed E-state index contributed by atoms with van der Waals surface area (Å²) in [5, 5.41) is 14.5. The summed E-state index contributed by atoms with van der Waals surface area (Å²) in [7, 11) is 0. The van der Waals surface area contributed by atoms with E-state index in [1.807, 2.05) is 24.3 Å². The maximum absolute atomic E-state index is 12.3. The van der Waals surface area contributed by atoms with Crippen LogP contribution in [0.15, 0.2) is 65.4 Å². The predicted octanol–water partition coefficient (Wildman–Crippen LogP) is 3.82. The molecule has 0 unspecified atom stereocenters. The maximum atomic E-state index is 12.3. The first kappa shape index (κ1) is 16.2. The number of hydrogen-bond acceptors (Lipinski definition) is 4. The summed E-state index contributed by atoms with van der Waals surface area (Å²) in [6.45, 7) is 0.581. The monoisotopic (exact) mass is 367 g/mol. The lowest BCUT2D eigenvalue weighted by molar-refractivity contribution is 0.102. The number of H-pyrrole nitrogens is 1. The summed E-state index contributed by atoms with van der Waals surface area (Å²) in [5.74, 6) is 0.714. The van der Waals surface area contributed by atoms with Gasteiger partial charge < -0.3 is 9.73 Å². The molecule has 0 aliphatic heterocycles. The second-order valence-corrected chi connectivity index (χ2v) is 6.06. The Morgan fingerprint density at radius 2 is 2.08 bits per heavy atom. The highest BCUT2D eigenvalue weighted by molar-refractivity contribution is 6.30.